The SMILES string of the molecule is O=C(C=CC1CCC(O)C(O)C1)OCC1OC(OC2CC(C3OC4CC(O)CC(OC5OC(COC(=O)C=CC6CCC(O)C(O)C6)C(O)C(O)C5O)C4CC3OC3OC(CO)C(O)C(O)C3O)CC(O)C2O)C(O)C(O)C1O. The first-order valence-corrected chi connectivity index (χ1v) is 27.3. The Balaban J connectivity index is 0.958. The molecule has 0 aromatic rings. The standard InChI is InChI=1S/C51H80O28/c52-16-33-39(62)42(65)45(68)51(77-33)76-32-15-23-29(13-22(53)14-30(23)74-49-46(69)43(66)40(63)34(78-49)17-71-36(59)7-3-19-1-5-24(54)26(56)9-19)73-48(32)21-11-28(58)38(61)31(12-21)75-50-47(70)44(67)41(64)35(79-50)18-72-37(60)8-4-20-2-6-25(55)27(57)10-20/h3-4,7-8,19-35,38-58,61-70H,1-2,5-6,9-18H2. The average Bonchev–Trinajstić information content (AvgIpc) is 3.44. The number of hydrogen-bond acceptors (Lipinski definition) is 28. The molecule has 0 aromatic heterocycles. The summed E-state index contributed by atoms with van der Waals surface area (Å²) in [4.78, 5) is 25.4. The fourth-order valence-corrected chi connectivity index (χ4v) is 12.3. The summed E-state index contributed by atoms with van der Waals surface area (Å²) in [6.45, 7) is -2.07. The number of fused-ring (bicyclic) bond motifs is 1. The molecule has 8 rings (SSSR count). The van der Waals surface area contributed by atoms with Crippen molar-refractivity contribution in [3.8, 4) is 0 Å². The topological polar surface area (TPSA) is 461 Å². The molecular formula is C51H80O28. The number of ether oxygens (including phenoxy) is 9. The van der Waals surface area contributed by atoms with Crippen LogP contribution in [0.15, 0.2) is 24.3 Å². The van der Waals surface area contributed by atoms with Gasteiger partial charge in [-0.05, 0) is 82.0 Å². The van der Waals surface area contributed by atoms with E-state index in [2.05, 4.69) is 0 Å². The Morgan fingerprint density at radius 3 is 1.35 bits per heavy atom. The molecule has 0 aromatic carbocycles. The highest BCUT2D eigenvalue weighted by Gasteiger charge is 2.56. The van der Waals surface area contributed by atoms with E-state index in [-0.39, 0.29) is 56.8 Å². The second kappa shape index (κ2) is 27.4. The summed E-state index contributed by atoms with van der Waals surface area (Å²) in [5, 5.41) is 182. The van der Waals surface area contributed by atoms with Gasteiger partial charge in [-0.15, -0.1) is 0 Å². The number of esters is 2. The van der Waals surface area contributed by atoms with Crippen LogP contribution in [0.3, 0.4) is 0 Å². The maximum Gasteiger partial charge on any atom is 0.330 e. The van der Waals surface area contributed by atoms with Crippen LogP contribution in [0.1, 0.15) is 70.6 Å². The lowest BCUT2D eigenvalue weighted by molar-refractivity contribution is -0.347. The van der Waals surface area contributed by atoms with Crippen molar-refractivity contribution >= 4 is 11.9 Å². The highest BCUT2D eigenvalue weighted by molar-refractivity contribution is 5.82. The van der Waals surface area contributed by atoms with Crippen molar-refractivity contribution in [1.82, 2.24) is 0 Å². The Kier molecular flexibility index (Phi) is 21.7. The lowest BCUT2D eigenvalue weighted by Crippen LogP contribution is -2.64. The summed E-state index contributed by atoms with van der Waals surface area (Å²) >= 11 is 0. The predicted molar refractivity (Wildman–Crippen MR) is 257 cm³/mol. The molecule has 0 spiro atoms. The van der Waals surface area contributed by atoms with Gasteiger partial charge in [0.2, 0.25) is 0 Å². The molecule has 0 amide bonds. The molecule has 452 valence electrons. The van der Waals surface area contributed by atoms with Gasteiger partial charge in [-0.1, -0.05) is 12.2 Å². The lowest BCUT2D eigenvalue weighted by Gasteiger charge is -2.53. The Morgan fingerprint density at radius 2 is 0.873 bits per heavy atom. The van der Waals surface area contributed by atoms with Crippen molar-refractivity contribution in [3.63, 3.8) is 0 Å². The molecule has 4 saturated carbocycles. The monoisotopic (exact) mass is 1140 g/mol. The zero-order chi connectivity index (χ0) is 57.1. The molecule has 4 heterocycles. The Bertz CT molecular complexity index is 2020. The van der Waals surface area contributed by atoms with Gasteiger partial charge < -0.3 is 129 Å². The van der Waals surface area contributed by atoms with Gasteiger partial charge in [0.05, 0.1) is 73.8 Å². The summed E-state index contributed by atoms with van der Waals surface area (Å²) in [6.07, 6.45) is -33.5. The fraction of sp³-hybridized carbons (Fsp3) is 0.882. The van der Waals surface area contributed by atoms with E-state index in [9.17, 15) is 96.4 Å². The molecule has 0 bridgehead atoms. The minimum Gasteiger partial charge on any atom is -0.460 e. The van der Waals surface area contributed by atoms with Gasteiger partial charge >= 0.3 is 11.9 Å². The summed E-state index contributed by atoms with van der Waals surface area (Å²) in [7, 11) is 0. The minimum absolute atomic E-state index is 0.0224. The van der Waals surface area contributed by atoms with Crippen molar-refractivity contribution in [3.05, 3.63) is 24.3 Å². The van der Waals surface area contributed by atoms with E-state index in [1.807, 2.05) is 0 Å². The van der Waals surface area contributed by atoms with Crippen LogP contribution in [0.5, 0.6) is 0 Å². The Labute approximate surface area is 453 Å². The highest BCUT2D eigenvalue weighted by atomic mass is 16.7. The zero-order valence-electron chi connectivity index (χ0n) is 43.2. The largest absolute Gasteiger partial charge is 0.460 e. The predicted octanol–water partition coefficient (Wildman–Crippen LogP) is -7.14. The van der Waals surface area contributed by atoms with Gasteiger partial charge in [0.1, 0.15) is 92.6 Å². The fourth-order valence-electron chi connectivity index (χ4n) is 12.3. The molecule has 79 heavy (non-hydrogen) atoms. The molecule has 28 heteroatoms. The molecule has 0 radical (unpaired) electrons. The van der Waals surface area contributed by atoms with E-state index in [1.165, 1.54) is 12.2 Å². The molecule has 8 fully saturated rings. The number of aliphatic hydroxyl groups is 17. The van der Waals surface area contributed by atoms with Crippen LogP contribution in [-0.4, -0.2) is 284 Å². The first kappa shape index (κ1) is 62.5. The zero-order valence-corrected chi connectivity index (χ0v) is 43.2. The normalized spacial score (nSPS) is 50.0. The molecule has 8 aliphatic rings. The smallest absolute Gasteiger partial charge is 0.330 e. The summed E-state index contributed by atoms with van der Waals surface area (Å²) in [6, 6.07) is 0. The molecule has 4 aliphatic carbocycles. The number of rotatable bonds is 16. The first-order chi connectivity index (χ1) is 37.5. The van der Waals surface area contributed by atoms with E-state index in [1.54, 1.807) is 0 Å². The maximum atomic E-state index is 12.7. The lowest BCUT2D eigenvalue weighted by atomic mass is 9.72. The van der Waals surface area contributed by atoms with Gasteiger partial charge in [0, 0.05) is 24.5 Å². The summed E-state index contributed by atoms with van der Waals surface area (Å²) in [5.41, 5.74) is 0. The van der Waals surface area contributed by atoms with Crippen LogP contribution in [0.4, 0.5) is 0 Å². The molecule has 31 atom stereocenters. The quantitative estimate of drug-likeness (QED) is 0.0504. The number of aliphatic hydroxyl groups excluding tert-OH is 17. The van der Waals surface area contributed by atoms with Crippen molar-refractivity contribution in [1.29, 1.82) is 0 Å². The van der Waals surface area contributed by atoms with Crippen LogP contribution in [0.2, 0.25) is 0 Å². The van der Waals surface area contributed by atoms with E-state index < -0.39 is 209 Å². The molecule has 31 unspecified atom stereocenters. The highest BCUT2D eigenvalue weighted by Crippen LogP contribution is 2.46. The van der Waals surface area contributed by atoms with E-state index in [4.69, 9.17) is 42.6 Å². The third-order valence-electron chi connectivity index (χ3n) is 17.0. The van der Waals surface area contributed by atoms with E-state index in [0.717, 1.165) is 12.2 Å². The van der Waals surface area contributed by atoms with E-state index >= 15 is 0 Å². The molecule has 4 saturated heterocycles. The van der Waals surface area contributed by atoms with E-state index in [0.29, 0.717) is 25.7 Å². The van der Waals surface area contributed by atoms with Crippen molar-refractivity contribution in [2.45, 2.75) is 236 Å². The second-order valence-electron chi connectivity index (χ2n) is 22.6. The molecule has 17 N–H and O–H groups in total. The minimum atomic E-state index is -1.95. The van der Waals surface area contributed by atoms with Crippen LogP contribution in [-0.2, 0) is 52.2 Å². The van der Waals surface area contributed by atoms with Crippen molar-refractivity contribution in [2.75, 3.05) is 19.8 Å². The Hall–Kier alpha value is -2.54. The molecular weight excluding hydrogens is 1060 g/mol. The third kappa shape index (κ3) is 14.9. The average molecular weight is 1140 g/mol. The van der Waals surface area contributed by atoms with Crippen LogP contribution >= 0.6 is 0 Å². The van der Waals surface area contributed by atoms with Gasteiger partial charge in [0.15, 0.2) is 18.9 Å². The van der Waals surface area contributed by atoms with Crippen LogP contribution in [0, 0.1) is 23.7 Å². The molecule has 4 aliphatic heterocycles. The third-order valence-corrected chi connectivity index (χ3v) is 17.0. The van der Waals surface area contributed by atoms with Gasteiger partial charge in [-0.3, -0.25) is 0 Å². The van der Waals surface area contributed by atoms with Crippen LogP contribution in [0.25, 0.3) is 0 Å². The summed E-state index contributed by atoms with van der Waals surface area (Å²) in [5.74, 6) is -3.84. The number of carbonyl (C=O) groups is 2. The maximum absolute atomic E-state index is 12.7. The van der Waals surface area contributed by atoms with Gasteiger partial charge in [-0.2, -0.15) is 0 Å². The Morgan fingerprint density at radius 1 is 0.418 bits per heavy atom. The van der Waals surface area contributed by atoms with Crippen molar-refractivity contribution < 1.29 is 139 Å². The molecule has 28 nitrogen and oxygen atoms in total. The summed E-state index contributed by atoms with van der Waals surface area (Å²) < 4.78 is 53.4. The van der Waals surface area contributed by atoms with Crippen LogP contribution < -0.4 is 0 Å². The number of carbonyl (C=O) groups excluding carboxylic acids is 2. The van der Waals surface area contributed by atoms with Gasteiger partial charge in [0.25, 0.3) is 0 Å². The number of hydrogen-bond donors (Lipinski definition) is 17. The number of allylic oxidation sites excluding steroid dienone is 2. The van der Waals surface area contributed by atoms with Crippen molar-refractivity contribution in [2.24, 2.45) is 23.7 Å². The first-order valence-electron chi connectivity index (χ1n) is 27.3. The van der Waals surface area contributed by atoms with Gasteiger partial charge in [-0.25, -0.2) is 9.59 Å². The second-order valence-corrected chi connectivity index (χ2v) is 22.6.